The molecule has 0 bridgehead atoms. The van der Waals surface area contributed by atoms with Gasteiger partial charge in [-0.15, -0.1) is 0 Å². The third kappa shape index (κ3) is 4.17. The van der Waals surface area contributed by atoms with Gasteiger partial charge in [0.1, 0.15) is 0 Å². The molecule has 110 valence electrons. The molecular weight excluding hydrogens is 284 g/mol. The molecule has 0 radical (unpaired) electrons. The van der Waals surface area contributed by atoms with Gasteiger partial charge in [-0.25, -0.2) is 0 Å². The molecule has 2 aromatic carbocycles. The number of aliphatic imine (C=N–C) groups is 1. The second-order valence-electron chi connectivity index (χ2n) is 4.46. The topological polar surface area (TPSA) is 89.6 Å². The number of non-ortho nitro benzene ring substituents is 1. The van der Waals surface area contributed by atoms with Gasteiger partial charge in [-0.1, -0.05) is 30.3 Å². The quantitative estimate of drug-likeness (QED) is 0.269. The fraction of sp³-hybridized carbons (Fsp3) is 0.0625. The van der Waals surface area contributed by atoms with Crippen LogP contribution in [0.25, 0.3) is 0 Å². The van der Waals surface area contributed by atoms with Gasteiger partial charge in [0.15, 0.2) is 11.6 Å². The van der Waals surface area contributed by atoms with Crippen molar-refractivity contribution in [1.29, 1.82) is 0 Å². The lowest BCUT2D eigenvalue weighted by Crippen LogP contribution is -2.08. The molecule has 0 N–H and O–H groups in total. The fourth-order valence-corrected chi connectivity index (χ4v) is 1.74. The Morgan fingerprint density at radius 2 is 1.68 bits per heavy atom. The first-order valence-electron chi connectivity index (χ1n) is 6.46. The predicted octanol–water partition coefficient (Wildman–Crippen LogP) is 3.14. The number of nitrogens with zero attached hydrogens (tertiary/aromatic N) is 2. The first-order valence-corrected chi connectivity index (χ1v) is 6.46. The van der Waals surface area contributed by atoms with E-state index in [0.717, 1.165) is 6.21 Å². The zero-order valence-electron chi connectivity index (χ0n) is 11.5. The summed E-state index contributed by atoms with van der Waals surface area (Å²) in [5.41, 5.74) is 0.829. The lowest BCUT2D eigenvalue weighted by molar-refractivity contribution is -0.384. The van der Waals surface area contributed by atoms with Gasteiger partial charge >= 0.3 is 0 Å². The van der Waals surface area contributed by atoms with Gasteiger partial charge < -0.3 is 0 Å². The van der Waals surface area contributed by atoms with Crippen molar-refractivity contribution < 1.29 is 14.5 Å². The molecule has 22 heavy (non-hydrogen) atoms. The zero-order valence-corrected chi connectivity index (χ0v) is 11.5. The number of hydrogen-bond acceptors (Lipinski definition) is 5. The SMILES string of the molecule is O=C(C=Nc1ccc([N+](=O)[O-])cc1)CC(=O)c1ccccc1. The number of ketones is 2. The average molecular weight is 296 g/mol. The predicted molar refractivity (Wildman–Crippen MR) is 81.6 cm³/mol. The van der Waals surface area contributed by atoms with Crippen LogP contribution in [0.4, 0.5) is 11.4 Å². The minimum atomic E-state index is -0.517. The molecule has 2 aromatic rings. The van der Waals surface area contributed by atoms with E-state index in [2.05, 4.69) is 4.99 Å². The van der Waals surface area contributed by atoms with Crippen LogP contribution >= 0.6 is 0 Å². The Labute approximate surface area is 126 Å². The van der Waals surface area contributed by atoms with Gasteiger partial charge in [-0.3, -0.25) is 24.7 Å². The molecule has 0 unspecified atom stereocenters. The van der Waals surface area contributed by atoms with Crippen molar-refractivity contribution in [3.8, 4) is 0 Å². The van der Waals surface area contributed by atoms with Gasteiger partial charge in [-0.05, 0) is 12.1 Å². The van der Waals surface area contributed by atoms with E-state index in [0.29, 0.717) is 11.3 Å². The highest BCUT2D eigenvalue weighted by Crippen LogP contribution is 2.17. The van der Waals surface area contributed by atoms with Crippen molar-refractivity contribution in [2.75, 3.05) is 0 Å². The number of hydrogen-bond donors (Lipinski definition) is 0. The lowest BCUT2D eigenvalue weighted by atomic mass is 10.1. The number of Topliss-reactive ketones (excluding diaryl/α,β-unsaturated/α-hetero) is 2. The Morgan fingerprint density at radius 3 is 2.27 bits per heavy atom. The molecule has 6 nitrogen and oxygen atoms in total. The van der Waals surface area contributed by atoms with Crippen molar-refractivity contribution >= 4 is 29.2 Å². The van der Waals surface area contributed by atoms with E-state index in [9.17, 15) is 19.7 Å². The molecule has 0 aliphatic rings. The minimum Gasteiger partial charge on any atom is -0.294 e. The molecule has 0 spiro atoms. The molecule has 6 heteroatoms. The summed E-state index contributed by atoms with van der Waals surface area (Å²) in [6.45, 7) is 0. The van der Waals surface area contributed by atoms with Crippen molar-refractivity contribution in [3.63, 3.8) is 0 Å². The van der Waals surface area contributed by atoms with Crippen molar-refractivity contribution in [3.05, 3.63) is 70.3 Å². The molecular formula is C16H12N2O4. The van der Waals surface area contributed by atoms with E-state index in [-0.39, 0.29) is 17.9 Å². The zero-order chi connectivity index (χ0) is 15.9. The Balaban J connectivity index is 1.96. The molecule has 0 saturated heterocycles. The van der Waals surface area contributed by atoms with E-state index >= 15 is 0 Å². The average Bonchev–Trinajstić information content (AvgIpc) is 2.54. The number of nitro groups is 1. The van der Waals surface area contributed by atoms with E-state index in [1.807, 2.05) is 0 Å². The molecule has 0 heterocycles. The highest BCUT2D eigenvalue weighted by molar-refractivity contribution is 6.33. The molecule has 2 rings (SSSR count). The summed E-state index contributed by atoms with van der Waals surface area (Å²) in [4.78, 5) is 37.4. The maximum Gasteiger partial charge on any atom is 0.269 e. The molecule has 0 saturated carbocycles. The maximum atomic E-state index is 11.8. The second kappa shape index (κ2) is 7.03. The number of benzene rings is 2. The number of carbonyl (C=O) groups is 2. The Bertz CT molecular complexity index is 722. The Morgan fingerprint density at radius 1 is 1.05 bits per heavy atom. The van der Waals surface area contributed by atoms with Crippen LogP contribution < -0.4 is 0 Å². The van der Waals surface area contributed by atoms with Gasteiger partial charge in [0.25, 0.3) is 5.69 Å². The molecule has 0 aromatic heterocycles. The Kier molecular flexibility index (Phi) is 4.87. The van der Waals surface area contributed by atoms with E-state index in [1.54, 1.807) is 30.3 Å². The molecule has 0 atom stereocenters. The fourth-order valence-electron chi connectivity index (χ4n) is 1.74. The monoisotopic (exact) mass is 296 g/mol. The van der Waals surface area contributed by atoms with Crippen LogP contribution in [0.2, 0.25) is 0 Å². The van der Waals surface area contributed by atoms with Gasteiger partial charge in [0.05, 0.1) is 23.2 Å². The summed E-state index contributed by atoms with van der Waals surface area (Å²) in [6, 6.07) is 14.0. The van der Waals surface area contributed by atoms with Crippen molar-refractivity contribution in [2.24, 2.45) is 4.99 Å². The second-order valence-corrected chi connectivity index (χ2v) is 4.46. The van der Waals surface area contributed by atoms with Crippen LogP contribution in [-0.2, 0) is 4.79 Å². The largest absolute Gasteiger partial charge is 0.294 e. The van der Waals surface area contributed by atoms with Gasteiger partial charge in [-0.2, -0.15) is 0 Å². The maximum absolute atomic E-state index is 11.8. The summed E-state index contributed by atoms with van der Waals surface area (Å²) >= 11 is 0. The first-order chi connectivity index (χ1) is 10.6. The van der Waals surface area contributed by atoms with Crippen molar-refractivity contribution in [2.45, 2.75) is 6.42 Å². The molecule has 0 aliphatic heterocycles. The summed E-state index contributed by atoms with van der Waals surface area (Å²) in [6.07, 6.45) is 0.794. The summed E-state index contributed by atoms with van der Waals surface area (Å²) in [5.74, 6) is -0.701. The van der Waals surface area contributed by atoms with Crippen LogP contribution in [0.3, 0.4) is 0 Å². The standard InChI is InChI=1S/C16H12N2O4/c19-15(10-16(20)12-4-2-1-3-5-12)11-17-13-6-8-14(9-7-13)18(21)22/h1-9,11H,10H2. The van der Waals surface area contributed by atoms with Crippen LogP contribution in [0.1, 0.15) is 16.8 Å². The van der Waals surface area contributed by atoms with Gasteiger partial charge in [0, 0.05) is 17.7 Å². The van der Waals surface area contributed by atoms with E-state index in [4.69, 9.17) is 0 Å². The summed E-state index contributed by atoms with van der Waals surface area (Å²) in [5, 5.41) is 10.5. The van der Waals surface area contributed by atoms with Crippen LogP contribution in [0.15, 0.2) is 59.6 Å². The molecule has 0 amide bonds. The third-order valence-corrected chi connectivity index (χ3v) is 2.85. The summed E-state index contributed by atoms with van der Waals surface area (Å²) < 4.78 is 0. The van der Waals surface area contributed by atoms with Crippen LogP contribution in [-0.4, -0.2) is 22.7 Å². The summed E-state index contributed by atoms with van der Waals surface area (Å²) in [7, 11) is 0. The molecule has 0 aliphatic carbocycles. The van der Waals surface area contributed by atoms with Crippen LogP contribution in [0, 0.1) is 10.1 Å². The lowest BCUT2D eigenvalue weighted by Gasteiger charge is -1.97. The number of nitro benzene ring substituents is 1. The van der Waals surface area contributed by atoms with E-state index < -0.39 is 10.7 Å². The minimum absolute atomic E-state index is 0.0514. The van der Waals surface area contributed by atoms with E-state index in [1.165, 1.54) is 24.3 Å². The first kappa shape index (κ1) is 15.2. The highest BCUT2D eigenvalue weighted by Gasteiger charge is 2.09. The highest BCUT2D eigenvalue weighted by atomic mass is 16.6. The van der Waals surface area contributed by atoms with Crippen molar-refractivity contribution in [1.82, 2.24) is 0 Å². The van der Waals surface area contributed by atoms with Gasteiger partial charge in [0.2, 0.25) is 0 Å². The molecule has 0 fully saturated rings. The Hall–Kier alpha value is -3.15. The normalized spacial score (nSPS) is 10.5. The number of carbonyl (C=O) groups excluding carboxylic acids is 2. The number of rotatable bonds is 6. The third-order valence-electron chi connectivity index (χ3n) is 2.85. The van der Waals surface area contributed by atoms with Crippen LogP contribution in [0.5, 0.6) is 0 Å². The smallest absolute Gasteiger partial charge is 0.269 e.